The van der Waals surface area contributed by atoms with Crippen LogP contribution in [-0.4, -0.2) is 114 Å². The Morgan fingerprint density at radius 1 is 0.820 bits per heavy atom. The molecule has 0 unspecified atom stereocenters. The Kier molecular flexibility index (Phi) is 12.7. The van der Waals surface area contributed by atoms with E-state index in [4.69, 9.17) is 14.6 Å². The first-order chi connectivity index (χ1) is 29.5. The number of piperidine rings is 1. The van der Waals surface area contributed by atoms with E-state index in [0.29, 0.717) is 63.6 Å². The van der Waals surface area contributed by atoms with Crippen molar-refractivity contribution in [2.24, 2.45) is 7.05 Å². The molecule has 0 aliphatic carbocycles. The molecule has 13 nitrogen and oxygen atoms in total. The monoisotopic (exact) mass is 847 g/mol. The smallest absolute Gasteiger partial charge is 0.352 e. The van der Waals surface area contributed by atoms with Crippen molar-refractivity contribution < 1.29 is 27.8 Å². The third-order valence-corrected chi connectivity index (χ3v) is 14.2. The number of aromatic carboxylic acids is 1. The third kappa shape index (κ3) is 8.85. The SMILES string of the molecule is Cc1nn(C)c(COc2ccc(N3CCN(S(=O)(=O)N(C)C)CC3)cc2)c1-c1cccc2c(CCCOc3cccc4ccccc34)c(C(=O)O)n(CCN3CCCCC3)c12. The number of ether oxygens (including phenoxy) is 2. The number of fused-ring (bicyclic) bond motifs is 2. The quantitative estimate of drug-likeness (QED) is 0.101. The molecule has 0 atom stereocenters. The van der Waals surface area contributed by atoms with Gasteiger partial charge in [-0.05, 0) is 87.0 Å². The molecule has 4 heterocycles. The number of nitrogens with zero attached hydrogens (tertiary/aromatic N) is 7. The highest BCUT2D eigenvalue weighted by atomic mass is 32.2. The molecular weight excluding hydrogens is 791 g/mol. The maximum absolute atomic E-state index is 13.4. The van der Waals surface area contributed by atoms with Crippen LogP contribution in [0.3, 0.4) is 0 Å². The summed E-state index contributed by atoms with van der Waals surface area (Å²) >= 11 is 0. The number of carboxylic acids is 1. The zero-order valence-electron chi connectivity index (χ0n) is 35.7. The molecule has 322 valence electrons. The lowest BCUT2D eigenvalue weighted by molar-refractivity contribution is 0.0683. The average molecular weight is 848 g/mol. The zero-order chi connectivity index (χ0) is 42.7. The van der Waals surface area contributed by atoms with Gasteiger partial charge in [-0.25, -0.2) is 4.79 Å². The van der Waals surface area contributed by atoms with Crippen LogP contribution in [0.2, 0.25) is 0 Å². The highest BCUT2D eigenvalue weighted by Gasteiger charge is 2.30. The van der Waals surface area contributed by atoms with Crippen LogP contribution in [0.25, 0.3) is 32.8 Å². The van der Waals surface area contributed by atoms with E-state index in [-0.39, 0.29) is 6.61 Å². The predicted octanol–water partition coefficient (Wildman–Crippen LogP) is 7.21. The van der Waals surface area contributed by atoms with Gasteiger partial charge < -0.3 is 28.9 Å². The molecule has 8 rings (SSSR count). The van der Waals surface area contributed by atoms with Crippen molar-refractivity contribution in [1.29, 1.82) is 0 Å². The number of likely N-dealkylation sites (tertiary alicyclic amines) is 1. The summed E-state index contributed by atoms with van der Waals surface area (Å²) < 4.78 is 44.7. The second-order valence-corrected chi connectivity index (χ2v) is 18.4. The van der Waals surface area contributed by atoms with Crippen molar-refractivity contribution >= 4 is 43.5 Å². The maximum atomic E-state index is 13.4. The second-order valence-electron chi connectivity index (χ2n) is 16.3. The van der Waals surface area contributed by atoms with Gasteiger partial charge >= 0.3 is 5.97 Å². The van der Waals surface area contributed by atoms with Crippen molar-refractivity contribution in [1.82, 2.24) is 27.9 Å². The lowest BCUT2D eigenvalue weighted by Gasteiger charge is -2.36. The molecule has 2 saturated heterocycles. The van der Waals surface area contributed by atoms with Gasteiger partial charge in [0.1, 0.15) is 23.8 Å². The first-order valence-corrected chi connectivity index (χ1v) is 22.8. The number of hydrogen-bond donors (Lipinski definition) is 1. The van der Waals surface area contributed by atoms with E-state index in [9.17, 15) is 18.3 Å². The Morgan fingerprint density at radius 2 is 1.52 bits per heavy atom. The van der Waals surface area contributed by atoms with Crippen LogP contribution in [0, 0.1) is 6.92 Å². The summed E-state index contributed by atoms with van der Waals surface area (Å²) in [7, 11) is 1.60. The number of carboxylic acid groups (broad SMARTS) is 1. The van der Waals surface area contributed by atoms with Crippen LogP contribution in [0.15, 0.2) is 84.9 Å². The van der Waals surface area contributed by atoms with Crippen molar-refractivity contribution in [2.45, 2.75) is 52.2 Å². The molecule has 6 aromatic rings. The fourth-order valence-corrected chi connectivity index (χ4v) is 10.2. The number of anilines is 1. The molecule has 0 saturated carbocycles. The van der Waals surface area contributed by atoms with Crippen molar-refractivity contribution in [3.8, 4) is 22.6 Å². The zero-order valence-corrected chi connectivity index (χ0v) is 36.5. The first-order valence-electron chi connectivity index (χ1n) is 21.4. The number of aryl methyl sites for hydroxylation is 3. The minimum atomic E-state index is -3.44. The van der Waals surface area contributed by atoms with Gasteiger partial charge in [-0.1, -0.05) is 61.0 Å². The van der Waals surface area contributed by atoms with Crippen LogP contribution in [0.1, 0.15) is 53.1 Å². The van der Waals surface area contributed by atoms with Gasteiger partial charge in [-0.3, -0.25) is 4.68 Å². The van der Waals surface area contributed by atoms with Crippen LogP contribution < -0.4 is 14.4 Å². The van der Waals surface area contributed by atoms with E-state index in [0.717, 1.165) is 93.7 Å². The molecule has 0 spiro atoms. The summed E-state index contributed by atoms with van der Waals surface area (Å²) in [6.45, 7) is 8.11. The van der Waals surface area contributed by atoms with Gasteiger partial charge in [0, 0.05) is 88.0 Å². The number of aromatic nitrogens is 3. The topological polar surface area (TPSA) is 126 Å². The van der Waals surface area contributed by atoms with E-state index in [2.05, 4.69) is 40.1 Å². The molecule has 0 amide bonds. The van der Waals surface area contributed by atoms with Gasteiger partial charge in [-0.2, -0.15) is 22.1 Å². The van der Waals surface area contributed by atoms with Crippen LogP contribution in [0.5, 0.6) is 11.5 Å². The summed E-state index contributed by atoms with van der Waals surface area (Å²) in [5.41, 5.74) is 6.68. The Morgan fingerprint density at radius 3 is 2.26 bits per heavy atom. The van der Waals surface area contributed by atoms with Crippen LogP contribution >= 0.6 is 0 Å². The molecule has 0 radical (unpaired) electrons. The molecule has 2 aliphatic rings. The van der Waals surface area contributed by atoms with Gasteiger partial charge in [0.15, 0.2) is 0 Å². The number of rotatable bonds is 16. The van der Waals surface area contributed by atoms with E-state index in [1.54, 1.807) is 14.1 Å². The minimum Gasteiger partial charge on any atom is -0.493 e. The van der Waals surface area contributed by atoms with Crippen LogP contribution in [-0.2, 0) is 36.8 Å². The fourth-order valence-electron chi connectivity index (χ4n) is 9.11. The van der Waals surface area contributed by atoms with Crippen molar-refractivity contribution in [2.75, 3.05) is 71.4 Å². The highest BCUT2D eigenvalue weighted by molar-refractivity contribution is 7.86. The number of para-hydroxylation sites is 1. The predicted molar refractivity (Wildman–Crippen MR) is 241 cm³/mol. The largest absolute Gasteiger partial charge is 0.493 e. The summed E-state index contributed by atoms with van der Waals surface area (Å²) in [6.07, 6.45) is 4.75. The minimum absolute atomic E-state index is 0.252. The summed E-state index contributed by atoms with van der Waals surface area (Å²) in [5, 5.41) is 18.9. The van der Waals surface area contributed by atoms with Crippen LogP contribution in [0.4, 0.5) is 5.69 Å². The lowest BCUT2D eigenvalue weighted by Crippen LogP contribution is -2.51. The Labute approximate surface area is 358 Å². The van der Waals surface area contributed by atoms with Crippen molar-refractivity contribution in [3.63, 3.8) is 0 Å². The molecule has 0 bridgehead atoms. The fraction of sp³-hybridized carbons (Fsp3) is 0.404. The number of carbonyl (C=O) groups is 1. The normalized spacial score (nSPS) is 15.6. The van der Waals surface area contributed by atoms with Gasteiger partial charge in [0.05, 0.1) is 23.5 Å². The molecule has 61 heavy (non-hydrogen) atoms. The third-order valence-electron chi connectivity index (χ3n) is 12.3. The van der Waals surface area contributed by atoms with E-state index >= 15 is 0 Å². The summed E-state index contributed by atoms with van der Waals surface area (Å²) in [6, 6.07) is 28.3. The van der Waals surface area contributed by atoms with E-state index in [1.807, 2.05) is 77.8 Å². The molecule has 4 aromatic carbocycles. The van der Waals surface area contributed by atoms with Gasteiger partial charge in [-0.15, -0.1) is 0 Å². The van der Waals surface area contributed by atoms with Gasteiger partial charge in [0.25, 0.3) is 10.2 Å². The lowest BCUT2D eigenvalue weighted by atomic mass is 9.98. The van der Waals surface area contributed by atoms with E-state index < -0.39 is 16.2 Å². The Hall–Kier alpha value is -5.41. The molecular formula is C47H57N7O6S. The molecule has 1 N–H and O–H groups in total. The summed E-state index contributed by atoms with van der Waals surface area (Å²) in [4.78, 5) is 18.0. The molecule has 2 aliphatic heterocycles. The molecule has 2 fully saturated rings. The standard InChI is InChI=1S/C47H57N7O6S/c1-34-44(42(50(4)48-34)33-60-37-22-20-36(21-23-37)52-27-29-53(30-28-52)61(57,58)49(2)3)41-17-11-16-39-40(18-12-32-59-43-19-10-14-35-13-6-7-15-38(35)43)46(47(55)56)54(45(39)41)31-26-51-24-8-5-9-25-51/h6-7,10-11,13-17,19-23H,5,8-9,12,18,24-33H2,1-4H3,(H,55,56). The Bertz CT molecular complexity index is 2600. The summed E-state index contributed by atoms with van der Waals surface area (Å²) in [5.74, 6) is 0.599. The van der Waals surface area contributed by atoms with E-state index in [1.165, 1.54) is 15.0 Å². The maximum Gasteiger partial charge on any atom is 0.352 e. The van der Waals surface area contributed by atoms with Gasteiger partial charge in [0.2, 0.25) is 0 Å². The highest BCUT2D eigenvalue weighted by Crippen LogP contribution is 2.39. The van der Waals surface area contributed by atoms with Crippen molar-refractivity contribution in [3.05, 3.63) is 108 Å². The second kappa shape index (κ2) is 18.3. The molecule has 14 heteroatoms. The average Bonchev–Trinajstić information content (AvgIpc) is 3.75. The Balaban J connectivity index is 1.06. The first kappa shape index (κ1) is 42.3. The molecule has 2 aromatic heterocycles. The number of piperazine rings is 1. The number of hydrogen-bond acceptors (Lipinski definition) is 8. The number of benzene rings is 4.